The lowest BCUT2D eigenvalue weighted by Gasteiger charge is -2.03. The first kappa shape index (κ1) is 19.7. The van der Waals surface area contributed by atoms with Gasteiger partial charge in [0, 0.05) is 6.20 Å². The molecule has 0 N–H and O–H groups in total. The molecule has 0 aliphatic carbocycles. The van der Waals surface area contributed by atoms with Gasteiger partial charge in [-0.05, 0) is 70.1 Å². The van der Waals surface area contributed by atoms with E-state index in [-0.39, 0.29) is 39.0 Å². The highest BCUT2D eigenvalue weighted by atomic mass is 35.5. The highest BCUT2D eigenvalue weighted by molar-refractivity contribution is 6.33. The normalized spacial score (nSPS) is 9.96. The molecule has 0 saturated heterocycles. The van der Waals surface area contributed by atoms with Gasteiger partial charge >= 0.3 is 6.01 Å². The van der Waals surface area contributed by atoms with Crippen LogP contribution in [-0.4, -0.2) is 34.9 Å². The summed E-state index contributed by atoms with van der Waals surface area (Å²) in [6.45, 7) is 0.248. The molecule has 8 nitrogen and oxygen atoms in total. The van der Waals surface area contributed by atoms with Crippen LogP contribution in [0.1, 0.15) is 5.69 Å². The number of ether oxygens (including phenoxy) is 1. The van der Waals surface area contributed by atoms with Crippen molar-refractivity contribution in [3.63, 3.8) is 0 Å². The van der Waals surface area contributed by atoms with Crippen LogP contribution in [-0.2, 0) is 6.61 Å². The lowest BCUT2D eigenvalue weighted by atomic mass is 10.4. The van der Waals surface area contributed by atoms with Gasteiger partial charge in [0.1, 0.15) is 6.61 Å². The van der Waals surface area contributed by atoms with Gasteiger partial charge < -0.3 is 4.74 Å². The van der Waals surface area contributed by atoms with Crippen LogP contribution < -0.4 is 4.74 Å². The minimum absolute atomic E-state index is 0.000000000000000444. The zero-order valence-corrected chi connectivity index (χ0v) is 15.7. The fourth-order valence-electron chi connectivity index (χ4n) is 1.30. The van der Waals surface area contributed by atoms with Crippen molar-refractivity contribution in [2.45, 2.75) is 6.61 Å². The topological polar surface area (TPSA) is 99.5 Å². The molecule has 0 aromatic carbocycles. The Morgan fingerprint density at radius 1 is 0.680 bits per heavy atom. The zero-order chi connectivity index (χ0) is 18.2. The second-order valence-electron chi connectivity index (χ2n) is 3.91. The fraction of sp³-hybridized carbons (Fsp3) is 0.0833. The van der Waals surface area contributed by atoms with Gasteiger partial charge in [-0.15, -0.1) is 0 Å². The summed E-state index contributed by atoms with van der Waals surface area (Å²) in [6.07, 6.45) is 1.67. The maximum atomic E-state index is 5.59. The maximum absolute atomic E-state index is 5.59. The molecule has 0 unspecified atom stereocenters. The lowest BCUT2D eigenvalue weighted by Crippen LogP contribution is -2.02. The third-order valence-electron chi connectivity index (χ3n) is 2.19. The summed E-state index contributed by atoms with van der Waals surface area (Å²) in [5.41, 5.74) is 0.759. The van der Waals surface area contributed by atoms with E-state index in [4.69, 9.17) is 62.7 Å². The van der Waals surface area contributed by atoms with Crippen molar-refractivity contribution >= 4 is 58.0 Å². The number of halogens is 5. The Balaban J connectivity index is 0.000000212. The number of rotatable bonds is 3. The van der Waals surface area contributed by atoms with Gasteiger partial charge in [0.2, 0.25) is 26.4 Å². The molecule has 0 atom stereocenters. The molecule has 25 heavy (non-hydrogen) atoms. The third kappa shape index (κ3) is 7.45. The summed E-state index contributed by atoms with van der Waals surface area (Å²) in [6, 6.07) is 5.58. The molecule has 13 heteroatoms. The van der Waals surface area contributed by atoms with Gasteiger partial charge in [0.25, 0.3) is 0 Å². The van der Waals surface area contributed by atoms with E-state index in [0.717, 1.165) is 5.69 Å². The van der Waals surface area contributed by atoms with E-state index in [1.807, 2.05) is 18.2 Å². The van der Waals surface area contributed by atoms with Crippen molar-refractivity contribution in [2.24, 2.45) is 0 Å². The van der Waals surface area contributed by atoms with Crippen molar-refractivity contribution in [1.82, 2.24) is 34.9 Å². The molecule has 3 rings (SSSR count). The molecular formula is C12H6Cl5N7O. The van der Waals surface area contributed by atoms with Gasteiger partial charge in [-0.3, -0.25) is 4.98 Å². The van der Waals surface area contributed by atoms with E-state index in [9.17, 15) is 0 Å². The molecule has 3 aromatic rings. The number of aromatic nitrogens is 7. The molecule has 0 spiro atoms. The van der Waals surface area contributed by atoms with E-state index in [1.165, 1.54) is 0 Å². The monoisotopic (exact) mass is 439 g/mol. The highest BCUT2D eigenvalue weighted by Crippen LogP contribution is 2.12. The third-order valence-corrected chi connectivity index (χ3v) is 3.03. The van der Waals surface area contributed by atoms with Gasteiger partial charge in [-0.1, -0.05) is 6.07 Å². The van der Waals surface area contributed by atoms with Crippen LogP contribution in [0, 0.1) is 0 Å². The van der Waals surface area contributed by atoms with Crippen LogP contribution in [0.2, 0.25) is 26.4 Å². The number of pyridine rings is 1. The van der Waals surface area contributed by atoms with Crippen molar-refractivity contribution in [2.75, 3.05) is 0 Å². The summed E-state index contributed by atoms with van der Waals surface area (Å²) >= 11 is 27.1. The van der Waals surface area contributed by atoms with Crippen LogP contribution in [0.15, 0.2) is 24.4 Å². The van der Waals surface area contributed by atoms with Gasteiger partial charge in [0.15, 0.2) is 0 Å². The first-order chi connectivity index (χ1) is 11.9. The predicted molar refractivity (Wildman–Crippen MR) is 93.3 cm³/mol. The molecule has 0 radical (unpaired) electrons. The summed E-state index contributed by atoms with van der Waals surface area (Å²) in [5, 5.41) is -0.00737. The Labute approximate surface area is 166 Å². The van der Waals surface area contributed by atoms with Crippen LogP contribution in [0.3, 0.4) is 0 Å². The first-order valence-corrected chi connectivity index (χ1v) is 8.13. The minimum Gasteiger partial charge on any atom is -0.457 e. The molecule has 0 fully saturated rings. The molecule has 130 valence electrons. The minimum atomic E-state index is -0.00368. The van der Waals surface area contributed by atoms with E-state index in [2.05, 4.69) is 34.9 Å². The van der Waals surface area contributed by atoms with E-state index < -0.39 is 0 Å². The molecule has 0 aliphatic heterocycles. The van der Waals surface area contributed by atoms with E-state index in [1.54, 1.807) is 6.20 Å². The van der Waals surface area contributed by atoms with E-state index >= 15 is 0 Å². The largest absolute Gasteiger partial charge is 0.457 e. The van der Waals surface area contributed by atoms with Gasteiger partial charge in [-0.2, -0.15) is 29.9 Å². The van der Waals surface area contributed by atoms with Crippen molar-refractivity contribution in [3.8, 4) is 6.01 Å². The summed E-state index contributed by atoms with van der Waals surface area (Å²) in [7, 11) is 0. The average molecular weight is 441 g/mol. The van der Waals surface area contributed by atoms with Crippen molar-refractivity contribution in [1.29, 1.82) is 0 Å². The van der Waals surface area contributed by atoms with Crippen LogP contribution in [0.4, 0.5) is 0 Å². The smallest absolute Gasteiger partial charge is 0.322 e. The van der Waals surface area contributed by atoms with Gasteiger partial charge in [-0.25, -0.2) is 0 Å². The first-order valence-electron chi connectivity index (χ1n) is 6.25. The Hall–Kier alpha value is -1.58. The van der Waals surface area contributed by atoms with Crippen LogP contribution in [0.5, 0.6) is 6.01 Å². The number of hydrogen-bond acceptors (Lipinski definition) is 8. The molecule has 3 aromatic heterocycles. The second-order valence-corrected chi connectivity index (χ2v) is 5.60. The standard InChI is InChI=1S/C9H6Cl2N4O.C3Cl3N3/c10-7-13-8(11)15-9(14-7)16-5-6-3-1-2-4-12-6;4-1-7-2(5)9-3(6)8-1/h1-4H,5H2;. The summed E-state index contributed by atoms with van der Waals surface area (Å²) in [5.74, 6) is 0. The molecular weight excluding hydrogens is 435 g/mol. The Morgan fingerprint density at radius 2 is 1.16 bits per heavy atom. The van der Waals surface area contributed by atoms with Crippen LogP contribution in [0.25, 0.3) is 0 Å². The average Bonchev–Trinajstić information content (AvgIpc) is 2.52. The lowest BCUT2D eigenvalue weighted by molar-refractivity contribution is 0.275. The zero-order valence-electron chi connectivity index (χ0n) is 11.9. The summed E-state index contributed by atoms with van der Waals surface area (Å²) < 4.78 is 5.26. The highest BCUT2D eigenvalue weighted by Gasteiger charge is 2.04. The second kappa shape index (κ2) is 9.79. The predicted octanol–water partition coefficient (Wildman–Crippen LogP) is 3.98. The molecule has 0 amide bonds. The quantitative estimate of drug-likeness (QED) is 0.602. The molecule has 3 heterocycles. The van der Waals surface area contributed by atoms with Crippen molar-refractivity contribution < 1.29 is 4.74 Å². The maximum Gasteiger partial charge on any atom is 0.322 e. The van der Waals surface area contributed by atoms with Crippen LogP contribution >= 0.6 is 58.0 Å². The number of hydrogen-bond donors (Lipinski definition) is 0. The molecule has 0 bridgehead atoms. The fourth-order valence-corrected chi connectivity index (χ4v) is 2.26. The Bertz CT molecular complexity index is 769. The van der Waals surface area contributed by atoms with E-state index in [0.29, 0.717) is 0 Å². The molecule has 0 saturated carbocycles. The van der Waals surface area contributed by atoms with Gasteiger partial charge in [0.05, 0.1) is 5.69 Å². The Kier molecular flexibility index (Phi) is 7.73. The number of nitrogens with zero attached hydrogens (tertiary/aromatic N) is 7. The SMILES string of the molecule is Clc1nc(Cl)nc(Cl)n1.Clc1nc(Cl)nc(OCc2ccccn2)n1. The summed E-state index contributed by atoms with van der Waals surface area (Å²) in [4.78, 5) is 25.6. The molecule has 0 aliphatic rings. The Morgan fingerprint density at radius 3 is 1.60 bits per heavy atom. The van der Waals surface area contributed by atoms with Crippen molar-refractivity contribution in [3.05, 3.63) is 56.5 Å².